The highest BCUT2D eigenvalue weighted by atomic mass is 16.5. The molecule has 0 fully saturated rings. The molecule has 0 aromatic rings. The summed E-state index contributed by atoms with van der Waals surface area (Å²) < 4.78 is 5.93. The number of unbranched alkanes of at least 4 members (excludes halogenated alkanes) is 20. The van der Waals surface area contributed by atoms with Crippen LogP contribution in [0, 0.1) is 0 Å². The van der Waals surface area contributed by atoms with E-state index in [4.69, 9.17) is 9.84 Å². The van der Waals surface area contributed by atoms with Crippen molar-refractivity contribution in [2.24, 2.45) is 0 Å². The smallest absolute Gasteiger partial charge is 0.322 e. The molecule has 0 heterocycles. The van der Waals surface area contributed by atoms with E-state index < -0.39 is 5.97 Å². The molecule has 6 nitrogen and oxygen atoms in total. The zero-order valence-corrected chi connectivity index (χ0v) is 30.6. The van der Waals surface area contributed by atoms with E-state index in [1.165, 1.54) is 89.9 Å². The Hall–Kier alpha value is -2.37. The molecule has 0 aliphatic heterocycles. The summed E-state index contributed by atoms with van der Waals surface area (Å²) in [7, 11) is 0. The Morgan fingerprint density at radius 1 is 0.574 bits per heavy atom. The van der Waals surface area contributed by atoms with Crippen LogP contribution in [0.5, 0.6) is 0 Å². The van der Waals surface area contributed by atoms with E-state index in [0.717, 1.165) is 77.0 Å². The van der Waals surface area contributed by atoms with Gasteiger partial charge in [-0.2, -0.15) is 0 Å². The second kappa shape index (κ2) is 36.5. The van der Waals surface area contributed by atoms with Crippen LogP contribution in [0.25, 0.3) is 0 Å². The van der Waals surface area contributed by atoms with Crippen molar-refractivity contribution in [3.8, 4) is 0 Å². The van der Waals surface area contributed by atoms with E-state index in [1.54, 1.807) is 0 Å². The van der Waals surface area contributed by atoms with Crippen LogP contribution in [0.3, 0.4) is 0 Å². The number of hydrogen-bond donors (Lipinski definition) is 2. The summed E-state index contributed by atoms with van der Waals surface area (Å²) in [4.78, 5) is 34.8. The lowest BCUT2D eigenvalue weighted by molar-refractivity contribution is -0.147. The average Bonchev–Trinajstić information content (AvgIpc) is 3.05. The number of allylic oxidation sites excluding steroid dienone is 5. The van der Waals surface area contributed by atoms with E-state index in [-0.39, 0.29) is 24.5 Å². The summed E-state index contributed by atoms with van der Waals surface area (Å²) >= 11 is 0. The molecule has 2 N–H and O–H groups in total. The fourth-order valence-corrected chi connectivity index (χ4v) is 5.57. The minimum atomic E-state index is -1.02. The largest absolute Gasteiger partial charge is 0.480 e. The third-order valence-corrected chi connectivity index (χ3v) is 8.52. The summed E-state index contributed by atoms with van der Waals surface area (Å²) in [6.07, 6.45) is 44.2. The maximum absolute atomic E-state index is 12.7. The fraction of sp³-hybridized carbons (Fsp3) is 0.780. The average molecular weight is 660 g/mol. The summed E-state index contributed by atoms with van der Waals surface area (Å²) in [6.45, 7) is 4.18. The number of amides is 1. The molecule has 1 unspecified atom stereocenters. The molecule has 47 heavy (non-hydrogen) atoms. The first-order valence-electron chi connectivity index (χ1n) is 19.6. The number of carboxylic acid groups (broad SMARTS) is 1. The third-order valence-electron chi connectivity index (χ3n) is 8.52. The Balaban J connectivity index is 4.20. The molecule has 0 aliphatic rings. The van der Waals surface area contributed by atoms with Crippen molar-refractivity contribution in [1.82, 2.24) is 5.32 Å². The first-order valence-corrected chi connectivity index (χ1v) is 19.6. The Kier molecular flexibility index (Phi) is 34.6. The molecule has 0 aliphatic carbocycles. The van der Waals surface area contributed by atoms with Crippen molar-refractivity contribution in [3.05, 3.63) is 36.5 Å². The molecule has 0 bridgehead atoms. The fourth-order valence-electron chi connectivity index (χ4n) is 5.57. The van der Waals surface area contributed by atoms with Gasteiger partial charge in [0.1, 0.15) is 12.6 Å². The molecule has 0 aromatic carbocycles. The molecule has 0 radical (unpaired) electrons. The highest BCUT2D eigenvalue weighted by Gasteiger charge is 2.11. The van der Waals surface area contributed by atoms with Gasteiger partial charge in [0.25, 0.3) is 0 Å². The highest BCUT2D eigenvalue weighted by Crippen LogP contribution is 2.16. The first kappa shape index (κ1) is 44.6. The molecule has 0 aromatic heterocycles. The van der Waals surface area contributed by atoms with Crippen molar-refractivity contribution < 1.29 is 24.2 Å². The van der Waals surface area contributed by atoms with Gasteiger partial charge in [-0.15, -0.1) is 0 Å². The van der Waals surface area contributed by atoms with E-state index in [2.05, 4.69) is 55.6 Å². The van der Waals surface area contributed by atoms with Gasteiger partial charge in [0.15, 0.2) is 0 Å². The first-order chi connectivity index (χ1) is 23.0. The van der Waals surface area contributed by atoms with Crippen molar-refractivity contribution in [1.29, 1.82) is 0 Å². The van der Waals surface area contributed by atoms with Gasteiger partial charge in [0.05, 0.1) is 0 Å². The van der Waals surface area contributed by atoms with Crippen LogP contribution in [-0.2, 0) is 19.1 Å². The van der Waals surface area contributed by atoms with Gasteiger partial charge >= 0.3 is 11.9 Å². The SMILES string of the molecule is CCCCC/C=C\C/C=C\CCCCCCCC(=O)OC(/C=C\CCCCCCCCC)CCCCCCCCC(=O)NCC(=O)O. The molecule has 0 rings (SSSR count). The maximum atomic E-state index is 12.7. The summed E-state index contributed by atoms with van der Waals surface area (Å²) in [5.41, 5.74) is 0. The number of hydrogen-bond acceptors (Lipinski definition) is 4. The van der Waals surface area contributed by atoms with Crippen molar-refractivity contribution in [2.75, 3.05) is 6.54 Å². The van der Waals surface area contributed by atoms with E-state index in [9.17, 15) is 14.4 Å². The summed E-state index contributed by atoms with van der Waals surface area (Å²) in [5.74, 6) is -1.28. The highest BCUT2D eigenvalue weighted by molar-refractivity contribution is 5.80. The minimum absolute atomic E-state index is 0.0672. The predicted molar refractivity (Wildman–Crippen MR) is 199 cm³/mol. The van der Waals surface area contributed by atoms with Gasteiger partial charge in [-0.05, 0) is 76.7 Å². The second-order valence-corrected chi connectivity index (χ2v) is 13.2. The van der Waals surface area contributed by atoms with Gasteiger partial charge in [-0.1, -0.05) is 141 Å². The molecule has 0 saturated carbocycles. The van der Waals surface area contributed by atoms with Crippen molar-refractivity contribution in [3.63, 3.8) is 0 Å². The van der Waals surface area contributed by atoms with Crippen LogP contribution >= 0.6 is 0 Å². The van der Waals surface area contributed by atoms with Crippen molar-refractivity contribution >= 4 is 17.8 Å². The topological polar surface area (TPSA) is 92.7 Å². The molecule has 1 atom stereocenters. The van der Waals surface area contributed by atoms with Gasteiger partial charge in [-0.3, -0.25) is 14.4 Å². The molecular weight excluding hydrogens is 586 g/mol. The standard InChI is InChI=1S/C41H73NO5/c1-3-5-7-9-11-13-14-15-16-17-18-20-22-28-32-36-41(46)47-38(33-29-25-21-19-12-10-8-6-4-2)34-30-26-23-24-27-31-35-39(43)42-37-40(44)45/h11,13,15-16,29,33,38H,3-10,12,14,17-28,30-32,34-37H2,1-2H3,(H,42,43)(H,44,45)/b13-11-,16-15-,33-29-. The molecule has 1 amide bonds. The number of aliphatic carboxylic acids is 1. The van der Waals surface area contributed by atoms with Gasteiger partial charge < -0.3 is 15.2 Å². The van der Waals surface area contributed by atoms with Crippen LogP contribution < -0.4 is 5.32 Å². The van der Waals surface area contributed by atoms with Crippen molar-refractivity contribution in [2.45, 2.75) is 200 Å². The molecule has 0 spiro atoms. The Labute approximate surface area is 289 Å². The number of carbonyl (C=O) groups is 3. The van der Waals surface area contributed by atoms with Crippen LogP contribution in [0.15, 0.2) is 36.5 Å². The van der Waals surface area contributed by atoms with E-state index >= 15 is 0 Å². The number of carboxylic acids is 1. The molecular formula is C41H73NO5. The van der Waals surface area contributed by atoms with Crippen LogP contribution in [0.1, 0.15) is 194 Å². The maximum Gasteiger partial charge on any atom is 0.322 e. The summed E-state index contributed by atoms with van der Waals surface area (Å²) in [5, 5.41) is 11.0. The Morgan fingerprint density at radius 2 is 1.04 bits per heavy atom. The zero-order chi connectivity index (χ0) is 34.5. The Morgan fingerprint density at radius 3 is 1.64 bits per heavy atom. The van der Waals surface area contributed by atoms with E-state index in [1.807, 2.05) is 0 Å². The molecule has 6 heteroatoms. The summed E-state index contributed by atoms with van der Waals surface area (Å²) in [6, 6.07) is 0. The van der Waals surface area contributed by atoms with Crippen LogP contribution in [-0.4, -0.2) is 35.6 Å². The minimum Gasteiger partial charge on any atom is -0.480 e. The second-order valence-electron chi connectivity index (χ2n) is 13.2. The monoisotopic (exact) mass is 660 g/mol. The number of esters is 1. The number of rotatable bonds is 35. The third kappa shape index (κ3) is 36.3. The predicted octanol–water partition coefficient (Wildman–Crippen LogP) is 11.7. The Bertz CT molecular complexity index is 819. The molecule has 272 valence electrons. The lowest BCUT2D eigenvalue weighted by atomic mass is 10.0. The van der Waals surface area contributed by atoms with Crippen LogP contribution in [0.4, 0.5) is 0 Å². The molecule has 0 saturated heterocycles. The van der Waals surface area contributed by atoms with Gasteiger partial charge in [0, 0.05) is 12.8 Å². The lowest BCUT2D eigenvalue weighted by Crippen LogP contribution is -2.28. The van der Waals surface area contributed by atoms with Gasteiger partial charge in [-0.25, -0.2) is 0 Å². The number of ether oxygens (including phenoxy) is 1. The normalized spacial score (nSPS) is 12.4. The quantitative estimate of drug-likeness (QED) is 0.0401. The van der Waals surface area contributed by atoms with Gasteiger partial charge in [0.2, 0.25) is 5.91 Å². The number of carbonyl (C=O) groups excluding carboxylic acids is 2. The van der Waals surface area contributed by atoms with Crippen LogP contribution in [0.2, 0.25) is 0 Å². The lowest BCUT2D eigenvalue weighted by Gasteiger charge is -2.15. The van der Waals surface area contributed by atoms with E-state index in [0.29, 0.717) is 12.8 Å². The number of nitrogens with one attached hydrogen (secondary N) is 1. The zero-order valence-electron chi connectivity index (χ0n) is 30.6.